The highest BCUT2D eigenvalue weighted by atomic mass is 19.4. The fourth-order valence-electron chi connectivity index (χ4n) is 2.36. The van der Waals surface area contributed by atoms with E-state index in [-0.39, 0.29) is 25.5 Å². The zero-order valence-corrected chi connectivity index (χ0v) is 12.4. The van der Waals surface area contributed by atoms with Gasteiger partial charge in [0.15, 0.2) is 0 Å². The second-order valence-electron chi connectivity index (χ2n) is 5.21. The van der Waals surface area contributed by atoms with Crippen LogP contribution in [0.4, 0.5) is 13.2 Å². The lowest BCUT2D eigenvalue weighted by Crippen LogP contribution is -2.43. The van der Waals surface area contributed by atoms with Gasteiger partial charge >= 0.3 is 12.1 Å². The van der Waals surface area contributed by atoms with Gasteiger partial charge in [0.25, 0.3) is 0 Å². The highest BCUT2D eigenvalue weighted by molar-refractivity contribution is 5.91. The molecule has 0 radical (unpaired) electrons. The zero-order valence-electron chi connectivity index (χ0n) is 12.4. The molecule has 1 heterocycles. The van der Waals surface area contributed by atoms with E-state index < -0.39 is 12.1 Å². The first kappa shape index (κ1) is 17.1. The maximum atomic E-state index is 12.4. The fraction of sp³-hybridized carbons (Fsp3) is 0.375. The van der Waals surface area contributed by atoms with Crippen molar-refractivity contribution >= 4 is 17.9 Å². The van der Waals surface area contributed by atoms with Gasteiger partial charge in [0.1, 0.15) is 0 Å². The Kier molecular flexibility index (Phi) is 5.41. The fourth-order valence-corrected chi connectivity index (χ4v) is 2.36. The molecular weight excluding hydrogens is 309 g/mol. The Morgan fingerprint density at radius 1 is 0.957 bits per heavy atom. The number of benzene rings is 1. The Morgan fingerprint density at radius 2 is 1.57 bits per heavy atom. The normalized spacial score (nSPS) is 16.5. The summed E-state index contributed by atoms with van der Waals surface area (Å²) in [7, 11) is 0. The van der Waals surface area contributed by atoms with Crippen LogP contribution in [0.15, 0.2) is 36.4 Å². The van der Waals surface area contributed by atoms with Crippen LogP contribution in [0.5, 0.6) is 0 Å². The first-order chi connectivity index (χ1) is 10.9. The van der Waals surface area contributed by atoms with Gasteiger partial charge < -0.3 is 9.80 Å². The van der Waals surface area contributed by atoms with Gasteiger partial charge in [-0.2, -0.15) is 13.2 Å². The summed E-state index contributed by atoms with van der Waals surface area (Å²) >= 11 is 0. The Bertz CT molecular complexity index is 585. The number of halogens is 3. The number of nitrogens with zero attached hydrogens (tertiary/aromatic N) is 2. The van der Waals surface area contributed by atoms with Crippen molar-refractivity contribution in [1.29, 1.82) is 0 Å². The van der Waals surface area contributed by atoms with Gasteiger partial charge in [-0.3, -0.25) is 9.59 Å². The van der Waals surface area contributed by atoms with Gasteiger partial charge in [0, 0.05) is 32.3 Å². The van der Waals surface area contributed by atoms with Crippen molar-refractivity contribution in [1.82, 2.24) is 9.80 Å². The van der Waals surface area contributed by atoms with Crippen LogP contribution in [0.2, 0.25) is 0 Å². The Labute approximate surface area is 132 Å². The Hall–Kier alpha value is -2.31. The number of amides is 2. The van der Waals surface area contributed by atoms with Crippen LogP contribution in [0, 0.1) is 0 Å². The predicted molar refractivity (Wildman–Crippen MR) is 79.3 cm³/mol. The van der Waals surface area contributed by atoms with E-state index in [2.05, 4.69) is 0 Å². The molecular formula is C16H17F3N2O2. The topological polar surface area (TPSA) is 40.6 Å². The van der Waals surface area contributed by atoms with Crippen LogP contribution in [0.3, 0.4) is 0 Å². The van der Waals surface area contributed by atoms with Crippen molar-refractivity contribution in [3.63, 3.8) is 0 Å². The number of rotatable bonds is 2. The molecule has 124 valence electrons. The van der Waals surface area contributed by atoms with E-state index in [0.29, 0.717) is 13.0 Å². The summed E-state index contributed by atoms with van der Waals surface area (Å²) in [5.41, 5.74) is 0.865. The summed E-state index contributed by atoms with van der Waals surface area (Å²) in [6.07, 6.45) is -1.48. The summed E-state index contributed by atoms with van der Waals surface area (Å²) in [6.45, 7) is 0.327. The minimum Gasteiger partial charge on any atom is -0.337 e. The van der Waals surface area contributed by atoms with E-state index in [1.165, 1.54) is 11.0 Å². The predicted octanol–water partition coefficient (Wildman–Crippen LogP) is 2.32. The number of alkyl halides is 3. The molecule has 0 atom stereocenters. The van der Waals surface area contributed by atoms with Crippen LogP contribution in [-0.4, -0.2) is 54.0 Å². The Morgan fingerprint density at radius 3 is 2.22 bits per heavy atom. The maximum Gasteiger partial charge on any atom is 0.471 e. The van der Waals surface area contributed by atoms with Crippen molar-refractivity contribution in [2.24, 2.45) is 0 Å². The average Bonchev–Trinajstić information content (AvgIpc) is 2.78. The standard InChI is InChI=1S/C16H17F3N2O2/c17-16(18,19)15(23)21-10-4-9-20(11-12-21)14(22)8-7-13-5-2-1-3-6-13/h1-3,5-8H,4,9-12H2/b8-7+. The average molecular weight is 326 g/mol. The summed E-state index contributed by atoms with van der Waals surface area (Å²) in [6, 6.07) is 9.24. The molecule has 0 unspecified atom stereocenters. The summed E-state index contributed by atoms with van der Waals surface area (Å²) in [4.78, 5) is 25.6. The first-order valence-electron chi connectivity index (χ1n) is 7.26. The largest absolute Gasteiger partial charge is 0.471 e. The number of carbonyl (C=O) groups excluding carboxylic acids is 2. The van der Waals surface area contributed by atoms with Crippen molar-refractivity contribution in [2.75, 3.05) is 26.2 Å². The quantitative estimate of drug-likeness (QED) is 0.783. The number of hydrogen-bond donors (Lipinski definition) is 0. The van der Waals surface area contributed by atoms with Gasteiger partial charge in [-0.25, -0.2) is 0 Å². The minimum atomic E-state index is -4.87. The molecule has 0 bridgehead atoms. The monoisotopic (exact) mass is 326 g/mol. The second kappa shape index (κ2) is 7.30. The molecule has 4 nitrogen and oxygen atoms in total. The highest BCUT2D eigenvalue weighted by Crippen LogP contribution is 2.19. The molecule has 0 aliphatic carbocycles. The molecule has 23 heavy (non-hydrogen) atoms. The first-order valence-corrected chi connectivity index (χ1v) is 7.26. The van der Waals surface area contributed by atoms with Crippen molar-refractivity contribution < 1.29 is 22.8 Å². The molecule has 1 aromatic carbocycles. The summed E-state index contributed by atoms with van der Waals surface area (Å²) in [5, 5.41) is 0. The number of carbonyl (C=O) groups is 2. The molecule has 0 aromatic heterocycles. The molecule has 1 aliphatic rings. The van der Waals surface area contributed by atoms with Gasteiger partial charge in [0.05, 0.1) is 0 Å². The third kappa shape index (κ3) is 4.84. The van der Waals surface area contributed by atoms with E-state index in [0.717, 1.165) is 10.5 Å². The molecule has 1 aromatic rings. The van der Waals surface area contributed by atoms with E-state index in [1.807, 2.05) is 30.3 Å². The molecule has 2 amide bonds. The third-order valence-corrected chi connectivity index (χ3v) is 3.56. The smallest absolute Gasteiger partial charge is 0.337 e. The maximum absolute atomic E-state index is 12.4. The Balaban J connectivity index is 1.94. The van der Waals surface area contributed by atoms with E-state index in [4.69, 9.17) is 0 Å². The van der Waals surface area contributed by atoms with Gasteiger partial charge in [-0.05, 0) is 18.1 Å². The molecule has 1 fully saturated rings. The molecule has 1 aliphatic heterocycles. The van der Waals surface area contributed by atoms with Crippen LogP contribution in [0.1, 0.15) is 12.0 Å². The lowest BCUT2D eigenvalue weighted by Gasteiger charge is -2.22. The van der Waals surface area contributed by atoms with Crippen LogP contribution < -0.4 is 0 Å². The van der Waals surface area contributed by atoms with Crippen molar-refractivity contribution in [3.8, 4) is 0 Å². The van der Waals surface area contributed by atoms with E-state index >= 15 is 0 Å². The molecule has 0 spiro atoms. The van der Waals surface area contributed by atoms with Gasteiger partial charge in [0.2, 0.25) is 5.91 Å². The zero-order chi connectivity index (χ0) is 16.9. The van der Waals surface area contributed by atoms with Crippen LogP contribution >= 0.6 is 0 Å². The van der Waals surface area contributed by atoms with Crippen LogP contribution in [0.25, 0.3) is 6.08 Å². The van der Waals surface area contributed by atoms with Crippen LogP contribution in [-0.2, 0) is 9.59 Å². The SMILES string of the molecule is O=C(/C=C/c1ccccc1)N1CCCN(C(=O)C(F)(F)F)CC1. The highest BCUT2D eigenvalue weighted by Gasteiger charge is 2.42. The van der Waals surface area contributed by atoms with Crippen molar-refractivity contribution in [3.05, 3.63) is 42.0 Å². The molecule has 7 heteroatoms. The minimum absolute atomic E-state index is 0.00449. The molecule has 2 rings (SSSR count). The van der Waals surface area contributed by atoms with E-state index in [1.54, 1.807) is 6.08 Å². The number of hydrogen-bond acceptors (Lipinski definition) is 2. The molecule has 1 saturated heterocycles. The van der Waals surface area contributed by atoms with E-state index in [9.17, 15) is 22.8 Å². The van der Waals surface area contributed by atoms with Crippen molar-refractivity contribution in [2.45, 2.75) is 12.6 Å². The third-order valence-electron chi connectivity index (χ3n) is 3.56. The molecule has 0 N–H and O–H groups in total. The molecule has 0 saturated carbocycles. The van der Waals surface area contributed by atoms with Gasteiger partial charge in [-0.1, -0.05) is 30.3 Å². The second-order valence-corrected chi connectivity index (χ2v) is 5.21. The van der Waals surface area contributed by atoms with Gasteiger partial charge in [-0.15, -0.1) is 0 Å². The lowest BCUT2D eigenvalue weighted by atomic mass is 10.2. The lowest BCUT2D eigenvalue weighted by molar-refractivity contribution is -0.185. The summed E-state index contributed by atoms with van der Waals surface area (Å²) < 4.78 is 37.3. The summed E-state index contributed by atoms with van der Waals surface area (Å²) in [5.74, 6) is -2.11.